The highest BCUT2D eigenvalue weighted by atomic mass is 16.6. The van der Waals surface area contributed by atoms with Crippen LogP contribution in [0.2, 0.25) is 0 Å². The first-order valence-electron chi connectivity index (χ1n) is 10.3. The topological polar surface area (TPSA) is 47.6 Å². The highest BCUT2D eigenvalue weighted by molar-refractivity contribution is 5.84. The first-order valence-corrected chi connectivity index (χ1v) is 10.3. The molecule has 1 heterocycles. The Hall–Kier alpha value is -2.59. The molecule has 1 N–H and O–H groups in total. The van der Waals surface area contributed by atoms with Crippen LogP contribution in [0, 0.1) is 23.2 Å². The Bertz CT molecular complexity index is 879. The van der Waals surface area contributed by atoms with Crippen LogP contribution in [0.5, 0.6) is 0 Å². The molecule has 2 aliphatic rings. The molecule has 1 amide bonds. The lowest BCUT2D eigenvalue weighted by atomic mass is 9.56. The van der Waals surface area contributed by atoms with E-state index < -0.39 is 6.09 Å². The van der Waals surface area contributed by atoms with Crippen LogP contribution in [0.3, 0.4) is 0 Å². The molecule has 1 aliphatic heterocycles. The number of carbonyl (C=O) groups is 1. The van der Waals surface area contributed by atoms with E-state index in [0.29, 0.717) is 19.1 Å². The second-order valence-electron chi connectivity index (χ2n) is 8.46. The lowest BCUT2D eigenvalue weighted by molar-refractivity contribution is -0.165. The van der Waals surface area contributed by atoms with Gasteiger partial charge in [0.25, 0.3) is 0 Å². The highest BCUT2D eigenvalue weighted by Crippen LogP contribution is 2.56. The quantitative estimate of drug-likeness (QED) is 0.666. The smallest absolute Gasteiger partial charge is 0.411 e. The molecule has 1 fully saturated rings. The maximum atomic E-state index is 12.4. The molecule has 152 valence electrons. The molecule has 1 aliphatic carbocycles. The van der Waals surface area contributed by atoms with E-state index in [1.54, 1.807) is 0 Å². The van der Waals surface area contributed by atoms with Crippen LogP contribution in [0.25, 0.3) is 0 Å². The Kier molecular flexibility index (Phi) is 5.46. The molecule has 2 bridgehead atoms. The first kappa shape index (κ1) is 19.7. The minimum atomic E-state index is -0.419. The second-order valence-corrected chi connectivity index (χ2v) is 8.46. The van der Waals surface area contributed by atoms with E-state index >= 15 is 0 Å². The number of fused-ring (bicyclic) bond motifs is 2. The molecule has 5 atom stereocenters. The van der Waals surface area contributed by atoms with E-state index in [0.717, 1.165) is 5.69 Å². The molecule has 0 aromatic heterocycles. The molecule has 0 spiro atoms. The van der Waals surface area contributed by atoms with Crippen LogP contribution in [0.15, 0.2) is 72.3 Å². The third-order valence-corrected chi connectivity index (χ3v) is 6.87. The van der Waals surface area contributed by atoms with Crippen LogP contribution in [0.1, 0.15) is 32.4 Å². The number of amides is 1. The number of nitrogens with one attached hydrogen (secondary N) is 1. The number of rotatable bonds is 4. The monoisotopic (exact) mass is 391 g/mol. The second kappa shape index (κ2) is 8.03. The Balaban J connectivity index is 1.52. The fourth-order valence-corrected chi connectivity index (χ4v) is 5.08. The summed E-state index contributed by atoms with van der Waals surface area (Å²) in [6.45, 7) is 7.62. The summed E-state index contributed by atoms with van der Waals surface area (Å²) in [6.07, 6.45) is 1.97. The van der Waals surface area contributed by atoms with Crippen LogP contribution in [0.4, 0.5) is 10.5 Å². The third kappa shape index (κ3) is 3.69. The molecule has 0 radical (unpaired) electrons. The minimum Gasteiger partial charge on any atom is -0.449 e. The Morgan fingerprint density at radius 1 is 1.10 bits per heavy atom. The maximum Gasteiger partial charge on any atom is 0.411 e. The van der Waals surface area contributed by atoms with Gasteiger partial charge in [-0.1, -0.05) is 74.0 Å². The largest absolute Gasteiger partial charge is 0.449 e. The van der Waals surface area contributed by atoms with Gasteiger partial charge in [-0.15, -0.1) is 0 Å². The fourth-order valence-electron chi connectivity index (χ4n) is 5.08. The number of allylic oxidation sites excluding steroid dienone is 1. The van der Waals surface area contributed by atoms with Crippen molar-refractivity contribution in [3.8, 4) is 0 Å². The molecule has 1 saturated heterocycles. The zero-order valence-electron chi connectivity index (χ0n) is 17.3. The van der Waals surface area contributed by atoms with E-state index in [1.165, 1.54) is 11.1 Å². The maximum absolute atomic E-state index is 12.4. The number of para-hydroxylation sites is 1. The van der Waals surface area contributed by atoms with Gasteiger partial charge in [-0.05, 0) is 36.5 Å². The highest BCUT2D eigenvalue weighted by Gasteiger charge is 2.54. The molecular formula is C25H29NO3. The molecular weight excluding hydrogens is 362 g/mol. The summed E-state index contributed by atoms with van der Waals surface area (Å²) >= 11 is 0. The number of anilines is 1. The van der Waals surface area contributed by atoms with Crippen molar-refractivity contribution in [2.75, 3.05) is 18.5 Å². The zero-order valence-corrected chi connectivity index (χ0v) is 17.3. The van der Waals surface area contributed by atoms with Gasteiger partial charge < -0.3 is 9.47 Å². The van der Waals surface area contributed by atoms with Gasteiger partial charge in [0.2, 0.25) is 0 Å². The molecule has 29 heavy (non-hydrogen) atoms. The zero-order chi connectivity index (χ0) is 20.4. The van der Waals surface area contributed by atoms with E-state index in [4.69, 9.17) is 9.47 Å². The van der Waals surface area contributed by atoms with Crippen LogP contribution in [-0.4, -0.2) is 19.3 Å². The summed E-state index contributed by atoms with van der Waals surface area (Å²) in [6, 6.07) is 19.8. The van der Waals surface area contributed by atoms with Crippen molar-refractivity contribution in [3.63, 3.8) is 0 Å². The fraction of sp³-hybridized carbons (Fsp3) is 0.400. The van der Waals surface area contributed by atoms with Gasteiger partial charge in [0.05, 0.1) is 12.7 Å². The van der Waals surface area contributed by atoms with E-state index in [9.17, 15) is 4.79 Å². The number of hydrogen-bond acceptors (Lipinski definition) is 3. The molecule has 2 aromatic rings. The Morgan fingerprint density at radius 3 is 2.45 bits per heavy atom. The molecule has 2 aromatic carbocycles. The Morgan fingerprint density at radius 2 is 1.76 bits per heavy atom. The summed E-state index contributed by atoms with van der Waals surface area (Å²) in [5.41, 5.74) is 3.09. The molecule has 4 rings (SSSR count). The third-order valence-electron chi connectivity index (χ3n) is 6.87. The van der Waals surface area contributed by atoms with Crippen molar-refractivity contribution in [1.29, 1.82) is 0 Å². The van der Waals surface area contributed by atoms with Crippen LogP contribution >= 0.6 is 0 Å². The average Bonchev–Trinajstić information content (AvgIpc) is 2.73. The molecule has 4 nitrogen and oxygen atoms in total. The van der Waals surface area contributed by atoms with Crippen LogP contribution < -0.4 is 5.32 Å². The summed E-state index contributed by atoms with van der Waals surface area (Å²) in [5, 5.41) is 2.81. The molecule has 0 saturated carbocycles. The van der Waals surface area contributed by atoms with Gasteiger partial charge >= 0.3 is 6.09 Å². The summed E-state index contributed by atoms with van der Waals surface area (Å²) < 4.78 is 12.2. The van der Waals surface area contributed by atoms with Crippen molar-refractivity contribution < 1.29 is 14.3 Å². The van der Waals surface area contributed by atoms with Crippen molar-refractivity contribution >= 4 is 11.8 Å². The van der Waals surface area contributed by atoms with Gasteiger partial charge in [-0.25, -0.2) is 4.79 Å². The standard InChI is InChI=1S/C25H29NO3/c1-17-14-18(2)25(16-29-24(27)26-21-12-8-5-9-13-21)15-28-23(22(17)19(25)3)20-10-6-4-7-11-20/h4-14,18-19,22-23H,15-16H2,1-3H3,(H,26,27)/t18-,19-,22-,23-,25-/m0/s1. The van der Waals surface area contributed by atoms with E-state index in [-0.39, 0.29) is 23.4 Å². The van der Waals surface area contributed by atoms with Gasteiger partial charge in [0.1, 0.15) is 6.61 Å². The van der Waals surface area contributed by atoms with Crippen molar-refractivity contribution in [2.24, 2.45) is 23.2 Å². The average molecular weight is 392 g/mol. The van der Waals surface area contributed by atoms with Gasteiger partial charge in [-0.3, -0.25) is 5.32 Å². The SMILES string of the molecule is CC1=C[C@H](C)[C@@]2(COC(=O)Nc3ccccc3)CO[C@@H](c3ccccc3)[C@@H]1[C@@H]2C. The van der Waals surface area contributed by atoms with E-state index in [2.05, 4.69) is 56.4 Å². The van der Waals surface area contributed by atoms with Gasteiger partial charge in [0, 0.05) is 17.0 Å². The summed E-state index contributed by atoms with van der Waals surface area (Å²) in [5.74, 6) is 0.893. The predicted octanol–water partition coefficient (Wildman–Crippen LogP) is 5.84. The number of carbonyl (C=O) groups excluding carboxylic acids is 1. The van der Waals surface area contributed by atoms with Crippen molar-refractivity contribution in [2.45, 2.75) is 26.9 Å². The lowest BCUT2D eigenvalue weighted by Crippen LogP contribution is -2.54. The Labute approximate surface area is 172 Å². The van der Waals surface area contributed by atoms with Crippen LogP contribution in [-0.2, 0) is 9.47 Å². The van der Waals surface area contributed by atoms with Crippen molar-refractivity contribution in [3.05, 3.63) is 77.9 Å². The number of hydrogen-bond donors (Lipinski definition) is 1. The lowest BCUT2D eigenvalue weighted by Gasteiger charge is -2.55. The molecule has 0 unspecified atom stereocenters. The predicted molar refractivity (Wildman–Crippen MR) is 115 cm³/mol. The minimum absolute atomic E-state index is 0.0428. The van der Waals surface area contributed by atoms with Gasteiger partial charge in [-0.2, -0.15) is 0 Å². The van der Waals surface area contributed by atoms with Gasteiger partial charge in [0.15, 0.2) is 0 Å². The normalized spacial score (nSPS) is 30.9. The molecule has 4 heteroatoms. The van der Waals surface area contributed by atoms with E-state index in [1.807, 2.05) is 36.4 Å². The number of benzene rings is 2. The number of ether oxygens (including phenoxy) is 2. The summed E-state index contributed by atoms with van der Waals surface area (Å²) in [4.78, 5) is 12.4. The first-order chi connectivity index (χ1) is 14.0. The van der Waals surface area contributed by atoms with Crippen molar-refractivity contribution in [1.82, 2.24) is 0 Å². The summed E-state index contributed by atoms with van der Waals surface area (Å²) in [7, 11) is 0.